The van der Waals surface area contributed by atoms with E-state index < -0.39 is 5.97 Å². The smallest absolute Gasteiger partial charge is 0.339 e. The van der Waals surface area contributed by atoms with Crippen LogP contribution in [0.5, 0.6) is 0 Å². The summed E-state index contributed by atoms with van der Waals surface area (Å²) >= 11 is 5.84. The van der Waals surface area contributed by atoms with Crippen LogP contribution in [-0.2, 0) is 6.54 Å². The Morgan fingerprint density at radius 2 is 2.33 bits per heavy atom. The van der Waals surface area contributed by atoms with Crippen LogP contribution in [0.1, 0.15) is 22.1 Å². The summed E-state index contributed by atoms with van der Waals surface area (Å²) in [4.78, 5) is 15.1. The maximum atomic E-state index is 11.1. The maximum absolute atomic E-state index is 11.1. The molecule has 6 nitrogen and oxygen atoms in total. The first-order valence-electron chi connectivity index (χ1n) is 5.13. The summed E-state index contributed by atoms with van der Waals surface area (Å²) in [5, 5.41) is 15.9. The van der Waals surface area contributed by atoms with Crippen molar-refractivity contribution in [1.29, 1.82) is 0 Å². The molecule has 1 aromatic heterocycles. The zero-order chi connectivity index (χ0) is 13.1. The van der Waals surface area contributed by atoms with Gasteiger partial charge in [0.2, 0.25) is 5.89 Å². The fraction of sp³-hybridized carbons (Fsp3) is 0.182. The normalized spacial score (nSPS) is 10.3. The van der Waals surface area contributed by atoms with E-state index in [-0.39, 0.29) is 17.1 Å². The minimum absolute atomic E-state index is 0.0272. The van der Waals surface area contributed by atoms with Crippen molar-refractivity contribution in [3.8, 4) is 0 Å². The quantitative estimate of drug-likeness (QED) is 0.884. The molecule has 2 N–H and O–H groups in total. The highest BCUT2D eigenvalue weighted by atomic mass is 35.5. The summed E-state index contributed by atoms with van der Waals surface area (Å²) in [7, 11) is 0. The van der Waals surface area contributed by atoms with Crippen LogP contribution in [0.2, 0.25) is 5.02 Å². The number of carboxylic acid groups (broad SMARTS) is 1. The number of nitrogens with one attached hydrogen (secondary N) is 1. The van der Waals surface area contributed by atoms with Crippen molar-refractivity contribution >= 4 is 23.3 Å². The molecular formula is C11H10ClN3O3. The molecule has 2 rings (SSSR count). The number of carboxylic acids is 1. The van der Waals surface area contributed by atoms with Gasteiger partial charge in [-0.3, -0.25) is 0 Å². The number of benzene rings is 1. The molecule has 0 saturated heterocycles. The molecule has 0 aliphatic heterocycles. The van der Waals surface area contributed by atoms with Crippen LogP contribution in [0.25, 0.3) is 0 Å². The Kier molecular flexibility index (Phi) is 3.47. The Labute approximate surface area is 108 Å². The van der Waals surface area contributed by atoms with Gasteiger partial charge in [-0.25, -0.2) is 4.79 Å². The van der Waals surface area contributed by atoms with Gasteiger partial charge in [-0.1, -0.05) is 22.8 Å². The van der Waals surface area contributed by atoms with E-state index in [1.54, 1.807) is 19.1 Å². The minimum atomic E-state index is -1.09. The van der Waals surface area contributed by atoms with E-state index in [2.05, 4.69) is 15.5 Å². The monoisotopic (exact) mass is 267 g/mol. The first kappa shape index (κ1) is 12.4. The first-order valence-corrected chi connectivity index (χ1v) is 5.50. The number of hydrogen-bond donors (Lipinski definition) is 2. The van der Waals surface area contributed by atoms with Gasteiger partial charge in [0.05, 0.1) is 17.3 Å². The molecule has 1 heterocycles. The highest BCUT2D eigenvalue weighted by Gasteiger charge is 2.14. The zero-order valence-electron chi connectivity index (χ0n) is 9.48. The molecule has 0 atom stereocenters. The average Bonchev–Trinajstić information content (AvgIpc) is 2.72. The van der Waals surface area contributed by atoms with Crippen LogP contribution in [-0.4, -0.2) is 21.2 Å². The maximum Gasteiger partial charge on any atom is 0.339 e. The van der Waals surface area contributed by atoms with E-state index in [0.29, 0.717) is 17.4 Å². The highest BCUT2D eigenvalue weighted by Crippen LogP contribution is 2.24. The van der Waals surface area contributed by atoms with E-state index in [9.17, 15) is 4.79 Å². The summed E-state index contributed by atoms with van der Waals surface area (Å²) < 4.78 is 4.81. The van der Waals surface area contributed by atoms with Gasteiger partial charge in [-0.2, -0.15) is 4.98 Å². The Bertz CT molecular complexity index is 583. The molecule has 0 unspecified atom stereocenters. The fourth-order valence-corrected chi connectivity index (χ4v) is 1.73. The lowest BCUT2D eigenvalue weighted by atomic mass is 10.2. The SMILES string of the molecule is Cc1nc(CNc2cccc(Cl)c2C(=O)O)no1. The molecule has 0 radical (unpaired) electrons. The largest absolute Gasteiger partial charge is 0.478 e. The Balaban J connectivity index is 2.19. The molecule has 1 aromatic carbocycles. The molecule has 94 valence electrons. The predicted molar refractivity (Wildman–Crippen MR) is 64.8 cm³/mol. The van der Waals surface area contributed by atoms with E-state index in [0.717, 1.165) is 0 Å². The molecule has 0 aliphatic carbocycles. The van der Waals surface area contributed by atoms with Gasteiger partial charge in [0.15, 0.2) is 5.82 Å². The summed E-state index contributed by atoms with van der Waals surface area (Å²) in [6.45, 7) is 1.94. The third-order valence-electron chi connectivity index (χ3n) is 2.23. The van der Waals surface area contributed by atoms with Gasteiger partial charge in [0, 0.05) is 6.92 Å². The molecule has 0 amide bonds. The molecule has 2 aromatic rings. The van der Waals surface area contributed by atoms with Crippen molar-refractivity contribution in [2.45, 2.75) is 13.5 Å². The zero-order valence-corrected chi connectivity index (χ0v) is 10.2. The van der Waals surface area contributed by atoms with Gasteiger partial charge >= 0.3 is 5.97 Å². The summed E-state index contributed by atoms with van der Waals surface area (Å²) in [6, 6.07) is 4.82. The van der Waals surface area contributed by atoms with Crippen LogP contribution in [0.4, 0.5) is 5.69 Å². The lowest BCUT2D eigenvalue weighted by Crippen LogP contribution is -2.07. The lowest BCUT2D eigenvalue weighted by molar-refractivity contribution is 0.0698. The summed E-state index contributed by atoms with van der Waals surface area (Å²) in [5.74, 6) is -0.187. The number of rotatable bonds is 4. The molecule has 0 spiro atoms. The van der Waals surface area contributed by atoms with E-state index in [1.165, 1.54) is 6.07 Å². The van der Waals surface area contributed by atoms with Gasteiger partial charge < -0.3 is 14.9 Å². The molecule has 7 heteroatoms. The number of aromatic nitrogens is 2. The molecule has 18 heavy (non-hydrogen) atoms. The van der Waals surface area contributed by atoms with Crippen molar-refractivity contribution in [2.24, 2.45) is 0 Å². The van der Waals surface area contributed by atoms with Crippen molar-refractivity contribution in [2.75, 3.05) is 5.32 Å². The number of halogens is 1. The van der Waals surface area contributed by atoms with E-state index in [1.807, 2.05) is 0 Å². The number of aryl methyl sites for hydroxylation is 1. The standard InChI is InChI=1S/C11H10ClN3O3/c1-6-14-9(15-18-6)5-13-8-4-2-3-7(12)10(8)11(16)17/h2-4,13H,5H2,1H3,(H,16,17). The average molecular weight is 268 g/mol. The minimum Gasteiger partial charge on any atom is -0.478 e. The van der Waals surface area contributed by atoms with Crippen molar-refractivity contribution in [3.05, 3.63) is 40.5 Å². The number of anilines is 1. The topological polar surface area (TPSA) is 88.2 Å². The summed E-state index contributed by atoms with van der Waals surface area (Å²) in [6.07, 6.45) is 0. The molecule has 0 fully saturated rings. The van der Waals surface area contributed by atoms with Crippen LogP contribution in [0, 0.1) is 6.92 Å². The van der Waals surface area contributed by atoms with Gasteiger partial charge in [0.25, 0.3) is 0 Å². The van der Waals surface area contributed by atoms with E-state index in [4.69, 9.17) is 21.2 Å². The summed E-state index contributed by atoms with van der Waals surface area (Å²) in [5.41, 5.74) is 0.442. The molecule has 0 bridgehead atoms. The van der Waals surface area contributed by atoms with Crippen LogP contribution in [0.3, 0.4) is 0 Å². The molecule has 0 aliphatic rings. The lowest BCUT2D eigenvalue weighted by Gasteiger charge is -2.08. The fourth-order valence-electron chi connectivity index (χ4n) is 1.48. The predicted octanol–water partition coefficient (Wildman–Crippen LogP) is 2.34. The third-order valence-corrected chi connectivity index (χ3v) is 2.55. The Morgan fingerprint density at radius 3 is 2.94 bits per heavy atom. The third kappa shape index (κ3) is 2.60. The number of carbonyl (C=O) groups is 1. The second-order valence-corrected chi connectivity index (χ2v) is 3.96. The van der Waals surface area contributed by atoms with Gasteiger partial charge in [-0.05, 0) is 12.1 Å². The highest BCUT2D eigenvalue weighted by molar-refractivity contribution is 6.34. The molecular weight excluding hydrogens is 258 g/mol. The number of aromatic carboxylic acids is 1. The van der Waals surface area contributed by atoms with E-state index >= 15 is 0 Å². The Morgan fingerprint density at radius 1 is 1.56 bits per heavy atom. The van der Waals surface area contributed by atoms with Crippen molar-refractivity contribution < 1.29 is 14.4 Å². The first-order chi connectivity index (χ1) is 8.58. The number of nitrogens with zero attached hydrogens (tertiary/aromatic N) is 2. The Hall–Kier alpha value is -2.08. The second kappa shape index (κ2) is 5.05. The van der Waals surface area contributed by atoms with Crippen LogP contribution in [0.15, 0.2) is 22.7 Å². The van der Waals surface area contributed by atoms with Gasteiger partial charge in [0.1, 0.15) is 5.56 Å². The van der Waals surface area contributed by atoms with Crippen LogP contribution < -0.4 is 5.32 Å². The van der Waals surface area contributed by atoms with Crippen LogP contribution >= 0.6 is 11.6 Å². The van der Waals surface area contributed by atoms with Gasteiger partial charge in [-0.15, -0.1) is 0 Å². The number of hydrogen-bond acceptors (Lipinski definition) is 5. The van der Waals surface area contributed by atoms with Crippen molar-refractivity contribution in [1.82, 2.24) is 10.1 Å². The molecule has 0 saturated carbocycles. The second-order valence-electron chi connectivity index (χ2n) is 3.55. The van der Waals surface area contributed by atoms with Crippen molar-refractivity contribution in [3.63, 3.8) is 0 Å².